The van der Waals surface area contributed by atoms with Gasteiger partial charge in [-0.2, -0.15) is 0 Å². The van der Waals surface area contributed by atoms with E-state index in [2.05, 4.69) is 16.9 Å². The van der Waals surface area contributed by atoms with Crippen LogP contribution in [0.1, 0.15) is 51.9 Å². The van der Waals surface area contributed by atoms with Crippen LogP contribution in [0.2, 0.25) is 0 Å². The van der Waals surface area contributed by atoms with Crippen molar-refractivity contribution in [1.29, 1.82) is 0 Å². The van der Waals surface area contributed by atoms with Crippen LogP contribution in [0.3, 0.4) is 0 Å². The van der Waals surface area contributed by atoms with Crippen molar-refractivity contribution < 1.29 is 4.74 Å². The Morgan fingerprint density at radius 2 is 2.11 bits per heavy atom. The van der Waals surface area contributed by atoms with Gasteiger partial charge in [-0.1, -0.05) is 31.4 Å². The van der Waals surface area contributed by atoms with Gasteiger partial charge in [-0.3, -0.25) is 0 Å². The molecule has 4 nitrogen and oxygen atoms in total. The van der Waals surface area contributed by atoms with Crippen LogP contribution in [-0.4, -0.2) is 30.8 Å². The van der Waals surface area contributed by atoms with Crippen molar-refractivity contribution in [1.82, 2.24) is 5.32 Å². The average Bonchev–Trinajstić information content (AvgIpc) is 2.78. The van der Waals surface area contributed by atoms with E-state index in [1.165, 1.54) is 38.5 Å². The fraction of sp³-hybridized carbons (Fsp3) is 0.800. The lowest BCUT2D eigenvalue weighted by Crippen LogP contribution is -2.39. The Balaban J connectivity index is 1.73. The number of ether oxygens (including phenoxy) is 1. The molecular weight excluding hydrogens is 238 g/mol. The van der Waals surface area contributed by atoms with E-state index in [1.807, 2.05) is 6.92 Å². The zero-order chi connectivity index (χ0) is 13.7. The van der Waals surface area contributed by atoms with Gasteiger partial charge < -0.3 is 15.8 Å². The fourth-order valence-electron chi connectivity index (χ4n) is 3.10. The predicted molar refractivity (Wildman–Crippen MR) is 79.2 cm³/mol. The lowest BCUT2D eigenvalue weighted by molar-refractivity contribution is -0.0612. The summed E-state index contributed by atoms with van der Waals surface area (Å²) in [5.41, 5.74) is 7.02. The maximum atomic E-state index is 6.28. The minimum Gasteiger partial charge on any atom is -0.370 e. The highest BCUT2D eigenvalue weighted by Crippen LogP contribution is 2.41. The summed E-state index contributed by atoms with van der Waals surface area (Å²) in [5, 5.41) is 3.16. The number of aliphatic imine (C=N–C) groups is 1. The molecule has 0 amide bonds. The van der Waals surface area contributed by atoms with Gasteiger partial charge in [-0.25, -0.2) is 4.99 Å². The smallest absolute Gasteiger partial charge is 0.188 e. The van der Waals surface area contributed by atoms with E-state index in [4.69, 9.17) is 10.5 Å². The maximum Gasteiger partial charge on any atom is 0.188 e. The fourth-order valence-corrected chi connectivity index (χ4v) is 3.10. The highest BCUT2D eigenvalue weighted by Gasteiger charge is 2.40. The number of hydrogen-bond acceptors (Lipinski definition) is 2. The largest absolute Gasteiger partial charge is 0.370 e. The summed E-state index contributed by atoms with van der Waals surface area (Å²) in [4.78, 5) is 4.22. The van der Waals surface area contributed by atoms with E-state index in [0.29, 0.717) is 12.5 Å². The SMILES string of the molecule is C=C(C)CN=C(N)NCC1CCC2(CCCCC2)O1. The lowest BCUT2D eigenvalue weighted by atomic mass is 9.83. The number of nitrogens with zero attached hydrogens (tertiary/aromatic N) is 1. The molecule has 108 valence electrons. The summed E-state index contributed by atoms with van der Waals surface area (Å²) < 4.78 is 6.28. The Morgan fingerprint density at radius 1 is 1.37 bits per heavy atom. The Kier molecular flexibility index (Phi) is 4.86. The van der Waals surface area contributed by atoms with Gasteiger partial charge in [0.2, 0.25) is 0 Å². The number of rotatable bonds is 4. The van der Waals surface area contributed by atoms with Gasteiger partial charge in [0.25, 0.3) is 0 Å². The highest BCUT2D eigenvalue weighted by atomic mass is 16.5. The van der Waals surface area contributed by atoms with Crippen molar-refractivity contribution in [3.63, 3.8) is 0 Å². The molecule has 4 heteroatoms. The molecule has 1 spiro atoms. The normalized spacial score (nSPS) is 26.6. The van der Waals surface area contributed by atoms with Gasteiger partial charge in [0.1, 0.15) is 0 Å². The van der Waals surface area contributed by atoms with Crippen LogP contribution in [0.15, 0.2) is 17.1 Å². The summed E-state index contributed by atoms with van der Waals surface area (Å²) in [5.74, 6) is 0.496. The molecule has 0 aromatic heterocycles. The van der Waals surface area contributed by atoms with Crippen LogP contribution < -0.4 is 11.1 Å². The maximum absolute atomic E-state index is 6.28. The molecule has 0 aromatic rings. The van der Waals surface area contributed by atoms with Gasteiger partial charge in [-0.05, 0) is 32.6 Å². The van der Waals surface area contributed by atoms with Crippen LogP contribution in [0.5, 0.6) is 0 Å². The van der Waals surface area contributed by atoms with Crippen LogP contribution >= 0.6 is 0 Å². The molecule has 1 aliphatic carbocycles. The highest BCUT2D eigenvalue weighted by molar-refractivity contribution is 5.77. The van der Waals surface area contributed by atoms with Crippen LogP contribution in [0.25, 0.3) is 0 Å². The van der Waals surface area contributed by atoms with E-state index >= 15 is 0 Å². The molecule has 0 aromatic carbocycles. The number of hydrogen-bond donors (Lipinski definition) is 2. The molecule has 1 saturated heterocycles. The number of nitrogens with one attached hydrogen (secondary N) is 1. The van der Waals surface area contributed by atoms with Gasteiger partial charge in [-0.15, -0.1) is 0 Å². The summed E-state index contributed by atoms with van der Waals surface area (Å²) in [6.45, 7) is 7.12. The first-order valence-electron chi connectivity index (χ1n) is 7.46. The minimum atomic E-state index is 0.189. The summed E-state index contributed by atoms with van der Waals surface area (Å²) >= 11 is 0. The molecule has 1 saturated carbocycles. The van der Waals surface area contributed by atoms with Crippen molar-refractivity contribution in [2.24, 2.45) is 10.7 Å². The van der Waals surface area contributed by atoms with Gasteiger partial charge in [0.15, 0.2) is 5.96 Å². The second-order valence-electron chi connectivity index (χ2n) is 6.06. The van der Waals surface area contributed by atoms with E-state index in [9.17, 15) is 0 Å². The van der Waals surface area contributed by atoms with E-state index < -0.39 is 0 Å². The summed E-state index contributed by atoms with van der Waals surface area (Å²) in [7, 11) is 0. The third kappa shape index (κ3) is 4.23. The summed E-state index contributed by atoms with van der Waals surface area (Å²) in [6.07, 6.45) is 9.13. The van der Waals surface area contributed by atoms with Gasteiger partial charge >= 0.3 is 0 Å². The van der Waals surface area contributed by atoms with Gasteiger partial charge in [0.05, 0.1) is 18.2 Å². The third-order valence-corrected chi connectivity index (χ3v) is 4.13. The first-order chi connectivity index (χ1) is 9.10. The first kappa shape index (κ1) is 14.4. The standard InChI is InChI=1S/C15H27N3O/c1-12(2)10-17-14(16)18-11-13-6-9-15(19-13)7-4-3-5-8-15/h13H,1,3-11H2,2H3,(H3,16,17,18). The second kappa shape index (κ2) is 6.42. The van der Waals surface area contributed by atoms with Gasteiger partial charge in [0, 0.05) is 6.54 Å². The Morgan fingerprint density at radius 3 is 2.79 bits per heavy atom. The minimum absolute atomic E-state index is 0.189. The zero-order valence-electron chi connectivity index (χ0n) is 12.1. The van der Waals surface area contributed by atoms with E-state index in [0.717, 1.165) is 18.5 Å². The van der Waals surface area contributed by atoms with Crippen LogP contribution in [0.4, 0.5) is 0 Å². The van der Waals surface area contributed by atoms with E-state index in [-0.39, 0.29) is 11.7 Å². The molecule has 0 radical (unpaired) electrons. The zero-order valence-corrected chi connectivity index (χ0v) is 12.1. The monoisotopic (exact) mass is 265 g/mol. The first-order valence-corrected chi connectivity index (χ1v) is 7.46. The van der Waals surface area contributed by atoms with Crippen LogP contribution in [0, 0.1) is 0 Å². The Hall–Kier alpha value is -1.03. The molecule has 2 rings (SSSR count). The van der Waals surface area contributed by atoms with Crippen molar-refractivity contribution in [2.45, 2.75) is 63.6 Å². The lowest BCUT2D eigenvalue weighted by Gasteiger charge is -2.33. The van der Waals surface area contributed by atoms with Crippen molar-refractivity contribution in [2.75, 3.05) is 13.1 Å². The van der Waals surface area contributed by atoms with Crippen LogP contribution in [-0.2, 0) is 4.74 Å². The third-order valence-electron chi connectivity index (χ3n) is 4.13. The van der Waals surface area contributed by atoms with Crippen molar-refractivity contribution in [3.8, 4) is 0 Å². The average molecular weight is 265 g/mol. The molecule has 1 aliphatic heterocycles. The topological polar surface area (TPSA) is 59.6 Å². The molecule has 1 unspecified atom stereocenters. The molecule has 2 aliphatic rings. The molecular formula is C15H27N3O. The quantitative estimate of drug-likeness (QED) is 0.466. The molecule has 3 N–H and O–H groups in total. The number of nitrogens with two attached hydrogens (primary N) is 1. The predicted octanol–water partition coefficient (Wildman–Crippen LogP) is 2.35. The molecule has 1 heterocycles. The summed E-state index contributed by atoms with van der Waals surface area (Å²) in [6, 6.07) is 0. The molecule has 1 atom stereocenters. The van der Waals surface area contributed by atoms with Crippen molar-refractivity contribution in [3.05, 3.63) is 12.2 Å². The molecule has 19 heavy (non-hydrogen) atoms. The second-order valence-corrected chi connectivity index (χ2v) is 6.06. The molecule has 2 fully saturated rings. The van der Waals surface area contributed by atoms with E-state index in [1.54, 1.807) is 0 Å². The van der Waals surface area contributed by atoms with Crippen molar-refractivity contribution >= 4 is 5.96 Å². The Labute approximate surface area is 116 Å². The molecule has 0 bridgehead atoms. The number of guanidine groups is 1. The Bertz CT molecular complexity index is 345.